The van der Waals surface area contributed by atoms with E-state index in [1.54, 1.807) is 30.6 Å². The molecule has 18 heavy (non-hydrogen) atoms. The lowest BCUT2D eigenvalue weighted by Crippen LogP contribution is -2.11. The molecule has 0 unspecified atom stereocenters. The molecular formula is C13H11F3N2. The molecule has 0 aliphatic carbocycles. The Balaban J connectivity index is 2.15. The molecule has 2 aromatic rings. The van der Waals surface area contributed by atoms with Crippen LogP contribution in [0, 0.1) is 0 Å². The van der Waals surface area contributed by atoms with Crippen LogP contribution < -0.4 is 5.32 Å². The molecule has 0 atom stereocenters. The van der Waals surface area contributed by atoms with E-state index in [4.69, 9.17) is 0 Å². The summed E-state index contributed by atoms with van der Waals surface area (Å²) in [5.74, 6) is 0. The third-order valence-electron chi connectivity index (χ3n) is 2.49. The van der Waals surface area contributed by atoms with Crippen molar-refractivity contribution in [1.82, 2.24) is 4.98 Å². The van der Waals surface area contributed by atoms with Gasteiger partial charge in [0.05, 0.1) is 5.56 Å². The zero-order chi connectivity index (χ0) is 13.0. The maximum absolute atomic E-state index is 12.7. The SMILES string of the molecule is FC(F)(F)c1ccccc1CNc1ccncc1. The van der Waals surface area contributed by atoms with E-state index in [1.807, 2.05) is 0 Å². The largest absolute Gasteiger partial charge is 0.416 e. The Morgan fingerprint density at radius 1 is 1.00 bits per heavy atom. The summed E-state index contributed by atoms with van der Waals surface area (Å²) in [5.41, 5.74) is 0.357. The summed E-state index contributed by atoms with van der Waals surface area (Å²) in [6.45, 7) is 0.125. The standard InChI is InChI=1S/C13H11F3N2/c14-13(15,16)12-4-2-1-3-10(12)9-18-11-5-7-17-8-6-11/h1-8H,9H2,(H,17,18). The van der Waals surface area contributed by atoms with Crippen molar-refractivity contribution in [2.45, 2.75) is 12.7 Å². The van der Waals surface area contributed by atoms with Crippen molar-refractivity contribution in [3.05, 3.63) is 59.9 Å². The van der Waals surface area contributed by atoms with E-state index < -0.39 is 11.7 Å². The Bertz CT molecular complexity index is 509. The van der Waals surface area contributed by atoms with Crippen LogP contribution in [-0.2, 0) is 12.7 Å². The van der Waals surface area contributed by atoms with Gasteiger partial charge in [-0.25, -0.2) is 0 Å². The molecule has 1 heterocycles. The Morgan fingerprint density at radius 3 is 2.33 bits per heavy atom. The first-order chi connectivity index (χ1) is 8.57. The van der Waals surface area contributed by atoms with Gasteiger partial charge in [-0.15, -0.1) is 0 Å². The number of nitrogens with zero attached hydrogens (tertiary/aromatic N) is 1. The minimum Gasteiger partial charge on any atom is -0.381 e. The molecule has 0 fully saturated rings. The summed E-state index contributed by atoms with van der Waals surface area (Å²) >= 11 is 0. The van der Waals surface area contributed by atoms with Crippen LogP contribution in [0.2, 0.25) is 0 Å². The highest BCUT2D eigenvalue weighted by molar-refractivity contribution is 5.42. The number of alkyl halides is 3. The van der Waals surface area contributed by atoms with E-state index in [2.05, 4.69) is 10.3 Å². The van der Waals surface area contributed by atoms with E-state index in [-0.39, 0.29) is 12.1 Å². The fraction of sp³-hybridized carbons (Fsp3) is 0.154. The summed E-state index contributed by atoms with van der Waals surface area (Å²) in [4.78, 5) is 3.84. The van der Waals surface area contributed by atoms with Gasteiger partial charge < -0.3 is 5.32 Å². The second-order valence-corrected chi connectivity index (χ2v) is 3.74. The smallest absolute Gasteiger partial charge is 0.381 e. The topological polar surface area (TPSA) is 24.9 Å². The van der Waals surface area contributed by atoms with Crippen molar-refractivity contribution < 1.29 is 13.2 Å². The number of hydrogen-bond donors (Lipinski definition) is 1. The van der Waals surface area contributed by atoms with Crippen molar-refractivity contribution in [3.63, 3.8) is 0 Å². The Kier molecular flexibility index (Phi) is 3.50. The Hall–Kier alpha value is -2.04. The van der Waals surface area contributed by atoms with Gasteiger partial charge in [-0.05, 0) is 23.8 Å². The first-order valence-electron chi connectivity index (χ1n) is 5.36. The molecule has 1 aromatic heterocycles. The minimum absolute atomic E-state index is 0.125. The van der Waals surface area contributed by atoms with Crippen molar-refractivity contribution >= 4 is 5.69 Å². The van der Waals surface area contributed by atoms with E-state index in [1.165, 1.54) is 12.1 Å². The number of rotatable bonds is 3. The number of anilines is 1. The summed E-state index contributed by atoms with van der Waals surface area (Å²) in [7, 11) is 0. The van der Waals surface area contributed by atoms with Crippen molar-refractivity contribution in [1.29, 1.82) is 0 Å². The predicted molar refractivity (Wildman–Crippen MR) is 63.0 cm³/mol. The van der Waals surface area contributed by atoms with Crippen LogP contribution in [0.1, 0.15) is 11.1 Å². The molecule has 94 valence electrons. The van der Waals surface area contributed by atoms with Crippen molar-refractivity contribution in [3.8, 4) is 0 Å². The molecule has 0 saturated heterocycles. The van der Waals surface area contributed by atoms with Gasteiger partial charge in [-0.3, -0.25) is 4.98 Å². The van der Waals surface area contributed by atoms with E-state index in [0.29, 0.717) is 0 Å². The van der Waals surface area contributed by atoms with Gasteiger partial charge in [0.15, 0.2) is 0 Å². The van der Waals surface area contributed by atoms with Gasteiger partial charge in [0.2, 0.25) is 0 Å². The Labute approximate surface area is 102 Å². The van der Waals surface area contributed by atoms with Crippen LogP contribution in [0.4, 0.5) is 18.9 Å². The highest BCUT2D eigenvalue weighted by Gasteiger charge is 2.32. The average molecular weight is 252 g/mol. The quantitative estimate of drug-likeness (QED) is 0.900. The van der Waals surface area contributed by atoms with Crippen LogP contribution in [0.25, 0.3) is 0 Å². The number of halogens is 3. The lowest BCUT2D eigenvalue weighted by atomic mass is 10.1. The molecule has 2 nitrogen and oxygen atoms in total. The third-order valence-corrected chi connectivity index (χ3v) is 2.49. The fourth-order valence-electron chi connectivity index (χ4n) is 1.62. The normalized spacial score (nSPS) is 11.3. The van der Waals surface area contributed by atoms with E-state index in [9.17, 15) is 13.2 Å². The zero-order valence-electron chi connectivity index (χ0n) is 9.41. The van der Waals surface area contributed by atoms with Crippen molar-refractivity contribution in [2.75, 3.05) is 5.32 Å². The molecule has 0 spiro atoms. The molecule has 1 aromatic carbocycles. The number of benzene rings is 1. The fourth-order valence-corrected chi connectivity index (χ4v) is 1.62. The van der Waals surface area contributed by atoms with Crippen LogP contribution in [0.15, 0.2) is 48.8 Å². The predicted octanol–water partition coefficient (Wildman–Crippen LogP) is 3.71. The Morgan fingerprint density at radius 2 is 1.67 bits per heavy atom. The van der Waals surface area contributed by atoms with E-state index >= 15 is 0 Å². The van der Waals surface area contributed by atoms with Crippen LogP contribution in [0.3, 0.4) is 0 Å². The molecule has 0 saturated carbocycles. The molecular weight excluding hydrogens is 241 g/mol. The van der Waals surface area contributed by atoms with Crippen LogP contribution >= 0.6 is 0 Å². The zero-order valence-corrected chi connectivity index (χ0v) is 9.41. The van der Waals surface area contributed by atoms with Gasteiger partial charge in [-0.1, -0.05) is 18.2 Å². The third kappa shape index (κ3) is 3.00. The maximum atomic E-state index is 12.7. The van der Waals surface area contributed by atoms with Crippen LogP contribution in [0.5, 0.6) is 0 Å². The molecule has 0 radical (unpaired) electrons. The molecule has 1 N–H and O–H groups in total. The molecule has 0 aliphatic heterocycles. The maximum Gasteiger partial charge on any atom is 0.416 e. The van der Waals surface area contributed by atoms with Gasteiger partial charge in [0.1, 0.15) is 0 Å². The molecule has 0 bridgehead atoms. The van der Waals surface area contributed by atoms with Crippen molar-refractivity contribution in [2.24, 2.45) is 0 Å². The first kappa shape index (κ1) is 12.4. The number of aromatic nitrogens is 1. The summed E-state index contributed by atoms with van der Waals surface area (Å²) in [6, 6.07) is 8.95. The second kappa shape index (κ2) is 5.08. The lowest BCUT2D eigenvalue weighted by Gasteiger charge is -2.13. The molecule has 0 aliphatic rings. The number of pyridine rings is 1. The minimum atomic E-state index is -4.32. The van der Waals surface area contributed by atoms with Gasteiger partial charge in [-0.2, -0.15) is 13.2 Å². The first-order valence-corrected chi connectivity index (χ1v) is 5.36. The van der Waals surface area contributed by atoms with Gasteiger partial charge >= 0.3 is 6.18 Å². The highest BCUT2D eigenvalue weighted by atomic mass is 19.4. The molecule has 5 heteroatoms. The second-order valence-electron chi connectivity index (χ2n) is 3.74. The lowest BCUT2D eigenvalue weighted by molar-refractivity contribution is -0.138. The summed E-state index contributed by atoms with van der Waals surface area (Å²) in [5, 5.41) is 2.93. The summed E-state index contributed by atoms with van der Waals surface area (Å²) in [6.07, 6.45) is -1.16. The van der Waals surface area contributed by atoms with E-state index in [0.717, 1.165) is 11.8 Å². The molecule has 2 rings (SSSR count). The van der Waals surface area contributed by atoms with Gasteiger partial charge in [0, 0.05) is 24.6 Å². The highest BCUT2D eigenvalue weighted by Crippen LogP contribution is 2.32. The number of hydrogen-bond acceptors (Lipinski definition) is 2. The molecule has 0 amide bonds. The summed E-state index contributed by atoms with van der Waals surface area (Å²) < 4.78 is 38.2. The number of nitrogens with one attached hydrogen (secondary N) is 1. The average Bonchev–Trinajstić information content (AvgIpc) is 2.37. The van der Waals surface area contributed by atoms with Crippen LogP contribution in [-0.4, -0.2) is 4.98 Å². The van der Waals surface area contributed by atoms with Gasteiger partial charge in [0.25, 0.3) is 0 Å². The monoisotopic (exact) mass is 252 g/mol.